The molecule has 33 heavy (non-hydrogen) atoms. The molecule has 1 unspecified atom stereocenters. The standard InChI is InChI=1S/C26H32N4O3/c1-3-33-25(31)26(15-21-8-5-4-6-9-21)12-7-13-29(18-26)16-22-10-11-24(32-2)23(14-22)17-30-20-27-19-28-30/h4-6,8-11,14,19-20H,3,7,12-13,15-18H2,1-2H3. The lowest BCUT2D eigenvalue weighted by molar-refractivity contribution is -0.159. The van der Waals surface area contributed by atoms with Gasteiger partial charge in [-0.25, -0.2) is 9.67 Å². The fourth-order valence-corrected chi connectivity index (χ4v) is 4.82. The van der Waals surface area contributed by atoms with E-state index < -0.39 is 5.41 Å². The van der Waals surface area contributed by atoms with Crippen molar-refractivity contribution in [3.63, 3.8) is 0 Å². The van der Waals surface area contributed by atoms with E-state index in [4.69, 9.17) is 9.47 Å². The third-order valence-corrected chi connectivity index (χ3v) is 6.30. The summed E-state index contributed by atoms with van der Waals surface area (Å²) in [6.07, 6.45) is 5.74. The Kier molecular flexibility index (Phi) is 7.40. The van der Waals surface area contributed by atoms with Crippen molar-refractivity contribution >= 4 is 5.97 Å². The minimum Gasteiger partial charge on any atom is -0.496 e. The molecule has 1 aliphatic heterocycles. The SMILES string of the molecule is CCOC(=O)C1(Cc2ccccc2)CCCN(Cc2ccc(OC)c(Cn3cncn3)c2)C1. The smallest absolute Gasteiger partial charge is 0.313 e. The second kappa shape index (κ2) is 10.6. The lowest BCUT2D eigenvalue weighted by atomic mass is 9.75. The molecule has 0 aliphatic carbocycles. The van der Waals surface area contributed by atoms with Gasteiger partial charge >= 0.3 is 5.97 Å². The van der Waals surface area contributed by atoms with E-state index in [0.29, 0.717) is 26.1 Å². The number of carbonyl (C=O) groups excluding carboxylic acids is 1. The first kappa shape index (κ1) is 23.0. The van der Waals surface area contributed by atoms with Gasteiger partial charge in [0.15, 0.2) is 0 Å². The molecule has 4 rings (SSSR count). The van der Waals surface area contributed by atoms with Gasteiger partial charge < -0.3 is 9.47 Å². The van der Waals surface area contributed by atoms with Gasteiger partial charge in [-0.15, -0.1) is 0 Å². The molecule has 1 fully saturated rings. The molecule has 0 saturated carbocycles. The van der Waals surface area contributed by atoms with Crippen molar-refractivity contribution in [3.05, 3.63) is 77.9 Å². The Balaban J connectivity index is 1.53. The monoisotopic (exact) mass is 448 g/mol. The molecule has 0 spiro atoms. The number of benzene rings is 2. The van der Waals surface area contributed by atoms with Crippen LogP contribution in [0, 0.1) is 5.41 Å². The van der Waals surface area contributed by atoms with Crippen LogP contribution in [0.25, 0.3) is 0 Å². The maximum Gasteiger partial charge on any atom is 0.313 e. The first-order valence-electron chi connectivity index (χ1n) is 11.5. The Labute approximate surface area is 195 Å². The van der Waals surface area contributed by atoms with E-state index in [9.17, 15) is 4.79 Å². The summed E-state index contributed by atoms with van der Waals surface area (Å²) in [6.45, 7) is 5.29. The van der Waals surface area contributed by atoms with Gasteiger partial charge in [0.25, 0.3) is 0 Å². The van der Waals surface area contributed by atoms with Crippen LogP contribution in [-0.4, -0.2) is 52.4 Å². The number of esters is 1. The Hall–Kier alpha value is -3.19. The third kappa shape index (κ3) is 5.60. The molecule has 0 bridgehead atoms. The van der Waals surface area contributed by atoms with Gasteiger partial charge in [0.2, 0.25) is 0 Å². The van der Waals surface area contributed by atoms with Crippen LogP contribution in [0.4, 0.5) is 0 Å². The summed E-state index contributed by atoms with van der Waals surface area (Å²) in [4.78, 5) is 19.6. The highest BCUT2D eigenvalue weighted by Gasteiger charge is 2.43. The molecule has 7 nitrogen and oxygen atoms in total. The fourth-order valence-electron chi connectivity index (χ4n) is 4.82. The molecule has 2 heterocycles. The number of ether oxygens (including phenoxy) is 2. The molecule has 0 N–H and O–H groups in total. The van der Waals surface area contributed by atoms with Crippen molar-refractivity contribution in [2.75, 3.05) is 26.8 Å². The molecule has 7 heteroatoms. The van der Waals surface area contributed by atoms with Gasteiger partial charge in [-0.3, -0.25) is 9.69 Å². The summed E-state index contributed by atoms with van der Waals surface area (Å²) in [5.41, 5.74) is 2.89. The summed E-state index contributed by atoms with van der Waals surface area (Å²) in [5, 5.41) is 4.22. The van der Waals surface area contributed by atoms with Crippen molar-refractivity contribution in [1.82, 2.24) is 19.7 Å². The zero-order chi connectivity index (χ0) is 23.1. The molecule has 0 amide bonds. The van der Waals surface area contributed by atoms with Crippen molar-refractivity contribution in [1.29, 1.82) is 0 Å². The average Bonchev–Trinajstić information content (AvgIpc) is 3.33. The van der Waals surface area contributed by atoms with Gasteiger partial charge in [-0.2, -0.15) is 5.10 Å². The lowest BCUT2D eigenvalue weighted by Gasteiger charge is -2.41. The van der Waals surface area contributed by atoms with E-state index in [0.717, 1.165) is 37.2 Å². The number of methoxy groups -OCH3 is 1. The second-order valence-corrected chi connectivity index (χ2v) is 8.72. The fraction of sp³-hybridized carbons (Fsp3) is 0.423. The first-order valence-corrected chi connectivity index (χ1v) is 11.5. The summed E-state index contributed by atoms with van der Waals surface area (Å²) >= 11 is 0. The number of nitrogens with zero attached hydrogens (tertiary/aromatic N) is 4. The van der Waals surface area contributed by atoms with Crippen LogP contribution in [0.5, 0.6) is 5.75 Å². The topological polar surface area (TPSA) is 69.5 Å². The van der Waals surface area contributed by atoms with Crippen molar-refractivity contribution in [2.24, 2.45) is 5.41 Å². The zero-order valence-corrected chi connectivity index (χ0v) is 19.4. The lowest BCUT2D eigenvalue weighted by Crippen LogP contribution is -2.49. The van der Waals surface area contributed by atoms with Crippen LogP contribution < -0.4 is 4.74 Å². The number of rotatable bonds is 9. The largest absolute Gasteiger partial charge is 0.496 e. The molecule has 174 valence electrons. The number of likely N-dealkylation sites (tertiary alicyclic amines) is 1. The van der Waals surface area contributed by atoms with Gasteiger partial charge in [0.05, 0.1) is 25.7 Å². The molecule has 2 aromatic carbocycles. The third-order valence-electron chi connectivity index (χ3n) is 6.30. The summed E-state index contributed by atoms with van der Waals surface area (Å²) < 4.78 is 12.9. The van der Waals surface area contributed by atoms with Crippen LogP contribution in [0.3, 0.4) is 0 Å². The van der Waals surface area contributed by atoms with Gasteiger partial charge in [-0.05, 0) is 56.0 Å². The first-order chi connectivity index (χ1) is 16.1. The number of hydrogen-bond donors (Lipinski definition) is 0. The predicted molar refractivity (Wildman–Crippen MR) is 126 cm³/mol. The molecule has 1 aliphatic rings. The zero-order valence-electron chi connectivity index (χ0n) is 19.4. The van der Waals surface area contributed by atoms with E-state index in [1.54, 1.807) is 18.1 Å². The molecular weight excluding hydrogens is 416 g/mol. The van der Waals surface area contributed by atoms with E-state index in [1.807, 2.05) is 31.2 Å². The van der Waals surface area contributed by atoms with Crippen LogP contribution in [-0.2, 0) is 29.0 Å². The average molecular weight is 449 g/mol. The number of carbonyl (C=O) groups is 1. The highest BCUT2D eigenvalue weighted by molar-refractivity contribution is 5.77. The van der Waals surface area contributed by atoms with E-state index >= 15 is 0 Å². The maximum atomic E-state index is 13.2. The molecule has 0 radical (unpaired) electrons. The Morgan fingerprint density at radius 3 is 2.70 bits per heavy atom. The summed E-state index contributed by atoms with van der Waals surface area (Å²) in [5.74, 6) is 0.748. The number of aromatic nitrogens is 3. The normalized spacial score (nSPS) is 18.7. The van der Waals surface area contributed by atoms with Crippen molar-refractivity contribution in [3.8, 4) is 5.75 Å². The maximum absolute atomic E-state index is 13.2. The quantitative estimate of drug-likeness (QED) is 0.465. The number of piperidine rings is 1. The van der Waals surface area contributed by atoms with Crippen LogP contribution in [0.15, 0.2) is 61.2 Å². The van der Waals surface area contributed by atoms with Crippen LogP contribution >= 0.6 is 0 Å². The molecular formula is C26H32N4O3. The van der Waals surface area contributed by atoms with Crippen molar-refractivity contribution in [2.45, 2.75) is 39.3 Å². The minimum absolute atomic E-state index is 0.0832. The Morgan fingerprint density at radius 1 is 1.12 bits per heavy atom. The highest BCUT2D eigenvalue weighted by atomic mass is 16.5. The summed E-state index contributed by atoms with van der Waals surface area (Å²) in [6, 6.07) is 16.5. The Morgan fingerprint density at radius 2 is 1.97 bits per heavy atom. The van der Waals surface area contributed by atoms with Crippen LogP contribution in [0.2, 0.25) is 0 Å². The molecule has 3 aromatic rings. The van der Waals surface area contributed by atoms with Gasteiger partial charge in [0, 0.05) is 18.7 Å². The molecule has 1 aromatic heterocycles. The number of hydrogen-bond acceptors (Lipinski definition) is 6. The highest BCUT2D eigenvalue weighted by Crippen LogP contribution is 2.36. The van der Waals surface area contributed by atoms with Crippen LogP contribution in [0.1, 0.15) is 36.5 Å². The van der Waals surface area contributed by atoms with Gasteiger partial charge in [0.1, 0.15) is 18.4 Å². The molecule has 1 atom stereocenters. The second-order valence-electron chi connectivity index (χ2n) is 8.72. The van der Waals surface area contributed by atoms with E-state index in [2.05, 4.69) is 39.2 Å². The van der Waals surface area contributed by atoms with E-state index in [1.165, 1.54) is 17.5 Å². The molecule has 1 saturated heterocycles. The van der Waals surface area contributed by atoms with E-state index in [-0.39, 0.29) is 5.97 Å². The Bertz CT molecular complexity index is 1040. The predicted octanol–water partition coefficient (Wildman–Crippen LogP) is 3.72. The van der Waals surface area contributed by atoms with Crippen molar-refractivity contribution < 1.29 is 14.3 Å². The minimum atomic E-state index is -0.522. The van der Waals surface area contributed by atoms with Gasteiger partial charge in [-0.1, -0.05) is 36.4 Å². The summed E-state index contributed by atoms with van der Waals surface area (Å²) in [7, 11) is 1.68.